The molecule has 1 aromatic heterocycles. The second kappa shape index (κ2) is 9.38. The summed E-state index contributed by atoms with van der Waals surface area (Å²) in [7, 11) is 0. The van der Waals surface area contributed by atoms with Gasteiger partial charge in [0.2, 0.25) is 0 Å². The van der Waals surface area contributed by atoms with Crippen molar-refractivity contribution in [3.63, 3.8) is 0 Å². The second-order valence-corrected chi connectivity index (χ2v) is 5.66. The molecule has 2 rings (SSSR count). The third kappa shape index (κ3) is 5.62. The summed E-state index contributed by atoms with van der Waals surface area (Å²) in [4.78, 5) is 11.6. The van der Waals surface area contributed by atoms with Crippen molar-refractivity contribution < 1.29 is 19.0 Å². The molecule has 0 aliphatic carbocycles. The first-order chi connectivity index (χ1) is 10.8. The first-order valence-corrected chi connectivity index (χ1v) is 8.40. The largest absolute Gasteiger partial charge is 0.485 e. The predicted molar refractivity (Wildman–Crippen MR) is 84.4 cm³/mol. The van der Waals surface area contributed by atoms with Crippen molar-refractivity contribution in [1.82, 2.24) is 4.57 Å². The lowest BCUT2D eigenvalue weighted by molar-refractivity contribution is -0.144. The van der Waals surface area contributed by atoms with Crippen LogP contribution in [0.1, 0.15) is 51.9 Å². The molecule has 0 N–H and O–H groups in total. The molecule has 0 unspecified atom stereocenters. The number of rotatable bonds is 10. The van der Waals surface area contributed by atoms with Crippen molar-refractivity contribution in [1.29, 1.82) is 0 Å². The molecule has 0 fully saturated rings. The summed E-state index contributed by atoms with van der Waals surface area (Å²) in [6.45, 7) is 4.40. The summed E-state index contributed by atoms with van der Waals surface area (Å²) in [5.74, 6) is 1.44. The minimum absolute atomic E-state index is 0.0973. The normalized spacial score (nSPS) is 13.1. The molecule has 0 spiro atoms. The molecule has 2 heterocycles. The lowest BCUT2D eigenvalue weighted by Gasteiger charge is -2.13. The Kier molecular flexibility index (Phi) is 7.13. The van der Waals surface area contributed by atoms with E-state index in [1.807, 2.05) is 17.0 Å². The Bertz CT molecular complexity index is 432. The summed E-state index contributed by atoms with van der Waals surface area (Å²) in [6, 6.07) is 0. The fourth-order valence-electron chi connectivity index (χ4n) is 2.50. The zero-order valence-corrected chi connectivity index (χ0v) is 13.5. The predicted octanol–water partition coefficient (Wildman–Crippen LogP) is 3.55. The molecular formula is C17H27NO4. The van der Waals surface area contributed by atoms with Gasteiger partial charge in [-0.25, -0.2) is 0 Å². The van der Waals surface area contributed by atoms with Crippen LogP contribution in [-0.4, -0.2) is 30.4 Å². The Morgan fingerprint density at radius 3 is 2.41 bits per heavy atom. The molecule has 0 saturated heterocycles. The standard InChI is InChI=1S/C17H27NO4/c1-2-3-4-5-6-7-8-17(19)22-10-9-18-13-15-16(14-18)21-12-11-20-15/h13-14H,2-12H2,1H3. The number of hydrogen-bond acceptors (Lipinski definition) is 4. The number of esters is 1. The smallest absolute Gasteiger partial charge is 0.305 e. The second-order valence-electron chi connectivity index (χ2n) is 5.66. The van der Waals surface area contributed by atoms with Gasteiger partial charge in [0.05, 0.1) is 18.9 Å². The van der Waals surface area contributed by atoms with Crippen molar-refractivity contribution in [3.8, 4) is 11.5 Å². The van der Waals surface area contributed by atoms with E-state index in [1.54, 1.807) is 0 Å². The number of carbonyl (C=O) groups is 1. The molecule has 1 aliphatic heterocycles. The highest BCUT2D eigenvalue weighted by Gasteiger charge is 2.14. The number of carbonyl (C=O) groups excluding carboxylic acids is 1. The number of unbranched alkanes of at least 4 members (excludes halogenated alkanes) is 5. The van der Waals surface area contributed by atoms with Crippen molar-refractivity contribution in [2.45, 2.75) is 58.4 Å². The van der Waals surface area contributed by atoms with Gasteiger partial charge in [0.1, 0.15) is 19.8 Å². The summed E-state index contributed by atoms with van der Waals surface area (Å²) < 4.78 is 18.1. The lowest BCUT2D eigenvalue weighted by Crippen LogP contribution is -2.13. The molecule has 0 aromatic carbocycles. The molecule has 0 atom stereocenters. The maximum atomic E-state index is 11.6. The van der Waals surface area contributed by atoms with Crippen LogP contribution in [0.4, 0.5) is 0 Å². The van der Waals surface area contributed by atoms with Crippen LogP contribution in [-0.2, 0) is 16.1 Å². The maximum absolute atomic E-state index is 11.6. The van der Waals surface area contributed by atoms with E-state index < -0.39 is 0 Å². The highest BCUT2D eigenvalue weighted by Crippen LogP contribution is 2.30. The van der Waals surface area contributed by atoms with Gasteiger partial charge in [-0.15, -0.1) is 0 Å². The van der Waals surface area contributed by atoms with E-state index >= 15 is 0 Å². The molecule has 0 saturated carbocycles. The Balaban J connectivity index is 1.54. The highest BCUT2D eigenvalue weighted by molar-refractivity contribution is 5.69. The van der Waals surface area contributed by atoms with Crippen molar-refractivity contribution in [3.05, 3.63) is 12.4 Å². The van der Waals surface area contributed by atoms with Crippen LogP contribution < -0.4 is 9.47 Å². The average molecular weight is 309 g/mol. The van der Waals surface area contributed by atoms with E-state index in [9.17, 15) is 4.79 Å². The number of hydrogen-bond donors (Lipinski definition) is 0. The number of aromatic nitrogens is 1. The lowest BCUT2D eigenvalue weighted by atomic mass is 10.1. The molecule has 5 nitrogen and oxygen atoms in total. The van der Waals surface area contributed by atoms with Crippen molar-refractivity contribution in [2.75, 3.05) is 19.8 Å². The van der Waals surface area contributed by atoms with Gasteiger partial charge in [0, 0.05) is 6.42 Å². The van der Waals surface area contributed by atoms with Crippen molar-refractivity contribution >= 4 is 5.97 Å². The maximum Gasteiger partial charge on any atom is 0.305 e. The average Bonchev–Trinajstić information content (AvgIpc) is 2.93. The highest BCUT2D eigenvalue weighted by atomic mass is 16.6. The number of fused-ring (bicyclic) bond motifs is 1. The molecule has 124 valence electrons. The van der Waals surface area contributed by atoms with Crippen LogP contribution >= 0.6 is 0 Å². The minimum atomic E-state index is -0.0973. The third-order valence-corrected chi connectivity index (χ3v) is 3.75. The van der Waals surface area contributed by atoms with Crippen LogP contribution in [0.25, 0.3) is 0 Å². The number of nitrogens with zero attached hydrogens (tertiary/aromatic N) is 1. The van der Waals surface area contributed by atoms with Crippen LogP contribution in [0.5, 0.6) is 11.5 Å². The van der Waals surface area contributed by atoms with E-state index in [2.05, 4.69) is 6.92 Å². The summed E-state index contributed by atoms with van der Waals surface area (Å²) in [5, 5.41) is 0. The van der Waals surface area contributed by atoms with Gasteiger partial charge in [0.25, 0.3) is 0 Å². The summed E-state index contributed by atoms with van der Waals surface area (Å²) in [6.07, 6.45) is 11.4. The fraction of sp³-hybridized carbons (Fsp3) is 0.706. The molecule has 1 aliphatic rings. The van der Waals surface area contributed by atoms with Crippen LogP contribution in [0.2, 0.25) is 0 Å². The first-order valence-electron chi connectivity index (χ1n) is 8.40. The monoisotopic (exact) mass is 309 g/mol. The van der Waals surface area contributed by atoms with Gasteiger partial charge in [-0.1, -0.05) is 39.0 Å². The summed E-state index contributed by atoms with van der Waals surface area (Å²) >= 11 is 0. The SMILES string of the molecule is CCCCCCCCC(=O)OCCn1cc2c(c1)OCCO2. The zero-order valence-electron chi connectivity index (χ0n) is 13.5. The van der Waals surface area contributed by atoms with E-state index in [4.69, 9.17) is 14.2 Å². The van der Waals surface area contributed by atoms with Crippen molar-refractivity contribution in [2.24, 2.45) is 0 Å². The molecule has 0 radical (unpaired) electrons. The molecular weight excluding hydrogens is 282 g/mol. The minimum Gasteiger partial charge on any atom is -0.485 e. The Labute approximate surface area is 132 Å². The molecule has 22 heavy (non-hydrogen) atoms. The van der Waals surface area contributed by atoms with Crippen LogP contribution in [0.3, 0.4) is 0 Å². The van der Waals surface area contributed by atoms with Gasteiger partial charge < -0.3 is 18.8 Å². The Morgan fingerprint density at radius 1 is 1.09 bits per heavy atom. The summed E-state index contributed by atoms with van der Waals surface area (Å²) in [5.41, 5.74) is 0. The van der Waals surface area contributed by atoms with Gasteiger partial charge in [-0.2, -0.15) is 0 Å². The quantitative estimate of drug-likeness (QED) is 0.490. The van der Waals surface area contributed by atoms with Gasteiger partial charge in [0.15, 0.2) is 11.5 Å². The molecule has 1 aromatic rings. The Hall–Kier alpha value is -1.65. The molecule has 0 bridgehead atoms. The van der Waals surface area contributed by atoms with E-state index in [0.717, 1.165) is 24.3 Å². The van der Waals surface area contributed by atoms with E-state index in [0.29, 0.717) is 32.8 Å². The van der Waals surface area contributed by atoms with Gasteiger partial charge in [-0.3, -0.25) is 4.79 Å². The third-order valence-electron chi connectivity index (χ3n) is 3.75. The first kappa shape index (κ1) is 16.7. The van der Waals surface area contributed by atoms with Crippen LogP contribution in [0.15, 0.2) is 12.4 Å². The Morgan fingerprint density at radius 2 is 1.73 bits per heavy atom. The zero-order chi connectivity index (χ0) is 15.6. The van der Waals surface area contributed by atoms with Gasteiger partial charge in [-0.05, 0) is 6.42 Å². The topological polar surface area (TPSA) is 49.7 Å². The number of ether oxygens (including phenoxy) is 3. The van der Waals surface area contributed by atoms with Gasteiger partial charge >= 0.3 is 5.97 Å². The van der Waals surface area contributed by atoms with Crippen LogP contribution in [0, 0.1) is 0 Å². The molecule has 0 amide bonds. The van der Waals surface area contributed by atoms with E-state index in [-0.39, 0.29) is 5.97 Å². The van der Waals surface area contributed by atoms with E-state index in [1.165, 1.54) is 25.7 Å². The fourth-order valence-corrected chi connectivity index (χ4v) is 2.50. The molecule has 5 heteroatoms.